The zero-order valence-corrected chi connectivity index (χ0v) is 28.8. The molecule has 6 atom stereocenters. The van der Waals surface area contributed by atoms with Gasteiger partial charge in [-0.15, -0.1) is 11.3 Å². The number of hydrogen-bond acceptors (Lipinski definition) is 10. The maximum Gasteiger partial charge on any atom is 0.319 e. The second kappa shape index (κ2) is 11.6. The first-order chi connectivity index (χ1) is 24.0. The van der Waals surface area contributed by atoms with Crippen molar-refractivity contribution in [2.24, 2.45) is 11.8 Å². The summed E-state index contributed by atoms with van der Waals surface area (Å²) >= 11 is 7.80. The smallest absolute Gasteiger partial charge is 0.319 e. The molecule has 0 radical (unpaired) electrons. The Morgan fingerprint density at radius 1 is 1.22 bits per heavy atom. The van der Waals surface area contributed by atoms with E-state index in [1.165, 1.54) is 12.1 Å². The van der Waals surface area contributed by atoms with Crippen LogP contribution in [-0.2, 0) is 4.79 Å². The number of anilines is 2. The molecule has 10 nitrogen and oxygen atoms in total. The first kappa shape index (κ1) is 32.0. The molecule has 0 aliphatic carbocycles. The highest BCUT2D eigenvalue weighted by Crippen LogP contribution is 2.47. The maximum absolute atomic E-state index is 17.1. The Bertz CT molecular complexity index is 2130. The molecule has 0 bridgehead atoms. The number of halogens is 4. The zero-order valence-electron chi connectivity index (χ0n) is 27.2. The van der Waals surface area contributed by atoms with Gasteiger partial charge in [-0.05, 0) is 44.0 Å². The molecule has 9 rings (SSSR count). The summed E-state index contributed by atoms with van der Waals surface area (Å²) in [6, 6.07) is 6.29. The van der Waals surface area contributed by atoms with E-state index in [9.17, 15) is 18.8 Å². The zero-order chi connectivity index (χ0) is 34.6. The number of hydrogen-bond donors (Lipinski definition) is 2. The molecular formula is C35H34ClF3N8O2S. The highest BCUT2D eigenvalue weighted by atomic mass is 35.5. The highest BCUT2D eigenvalue weighted by molar-refractivity contribution is 7.23. The first-order valence-electron chi connectivity index (χ1n) is 17.0. The molecule has 5 fully saturated rings. The fourth-order valence-corrected chi connectivity index (χ4v) is 10.2. The molecule has 5 saturated heterocycles. The minimum Gasteiger partial charge on any atom is -0.461 e. The Hall–Kier alpha value is -3.90. The van der Waals surface area contributed by atoms with E-state index in [0.717, 1.165) is 30.7 Å². The third-order valence-corrected chi connectivity index (χ3v) is 12.8. The van der Waals surface area contributed by atoms with Crippen LogP contribution in [0.5, 0.6) is 6.01 Å². The molecule has 0 saturated carbocycles. The second-order valence-electron chi connectivity index (χ2n) is 14.5. The lowest BCUT2D eigenvalue weighted by Crippen LogP contribution is -2.43. The van der Waals surface area contributed by atoms with Crippen molar-refractivity contribution in [3.8, 4) is 23.2 Å². The van der Waals surface area contributed by atoms with Crippen LogP contribution in [0.4, 0.5) is 24.0 Å². The van der Waals surface area contributed by atoms with Gasteiger partial charge in [-0.3, -0.25) is 15.0 Å². The van der Waals surface area contributed by atoms with Gasteiger partial charge in [0, 0.05) is 73.4 Å². The minimum absolute atomic E-state index is 0.0346. The van der Waals surface area contributed by atoms with Gasteiger partial charge in [0.25, 0.3) is 0 Å². The quantitative estimate of drug-likeness (QED) is 0.261. The number of nitrogens with two attached hydrogens (primary N) is 1. The summed E-state index contributed by atoms with van der Waals surface area (Å²) in [5.41, 5.74) is 5.80. The van der Waals surface area contributed by atoms with Crippen molar-refractivity contribution in [1.29, 1.82) is 5.26 Å². The Morgan fingerprint density at radius 3 is 2.70 bits per heavy atom. The van der Waals surface area contributed by atoms with Crippen molar-refractivity contribution in [3.63, 3.8) is 0 Å². The fourth-order valence-electron chi connectivity index (χ4n) is 8.92. The van der Waals surface area contributed by atoms with Gasteiger partial charge in [0.15, 0.2) is 5.82 Å². The van der Waals surface area contributed by atoms with Crippen molar-refractivity contribution in [1.82, 2.24) is 25.1 Å². The number of carbonyl (C=O) groups is 1. The molecule has 7 heterocycles. The van der Waals surface area contributed by atoms with Crippen molar-refractivity contribution >= 4 is 60.7 Å². The van der Waals surface area contributed by atoms with Crippen molar-refractivity contribution in [3.05, 3.63) is 40.4 Å². The van der Waals surface area contributed by atoms with E-state index in [1.54, 1.807) is 6.07 Å². The number of likely N-dealkylation sites (tertiary alicyclic amines) is 1. The second-order valence-corrected chi connectivity index (χ2v) is 16.0. The molecule has 2 unspecified atom stereocenters. The van der Waals surface area contributed by atoms with Gasteiger partial charge in [-0.25, -0.2) is 13.2 Å². The van der Waals surface area contributed by atoms with Crippen LogP contribution in [0.3, 0.4) is 0 Å². The van der Waals surface area contributed by atoms with E-state index >= 15 is 4.39 Å². The van der Waals surface area contributed by atoms with E-state index in [-0.39, 0.29) is 84.8 Å². The van der Waals surface area contributed by atoms with E-state index in [2.05, 4.69) is 20.1 Å². The Balaban J connectivity index is 1.13. The van der Waals surface area contributed by atoms with E-state index in [1.807, 2.05) is 17.9 Å². The molecule has 2 aromatic carbocycles. The van der Waals surface area contributed by atoms with Gasteiger partial charge < -0.3 is 20.3 Å². The summed E-state index contributed by atoms with van der Waals surface area (Å²) in [5, 5.41) is 13.8. The molecule has 15 heteroatoms. The number of thiophene rings is 1. The Labute approximate surface area is 294 Å². The van der Waals surface area contributed by atoms with Gasteiger partial charge in [0.05, 0.1) is 20.8 Å². The number of benzene rings is 2. The van der Waals surface area contributed by atoms with Gasteiger partial charge in [0.1, 0.15) is 47.0 Å². The first-order valence-corrected chi connectivity index (χ1v) is 18.2. The summed E-state index contributed by atoms with van der Waals surface area (Å²) in [4.78, 5) is 28.5. The standard InChI is InChI=1S/C35H34ClF3N8O2S/c1-16-28(42-16)33(48)46-12-17-10-45(11-18(17)13-46)32-21-7-23(36)26(20-3-4-24(38)30-25(20)22(9-40)31(41)50-30)27(39)29(21)43-34(44-32)49-15-35-5-2-6-47(35)14-19(37)8-35/h3-4,7,16-19,28,42H,2,5-6,8,10-15,41H2,1H3/t16-,17?,18?,19+,28+,35-/m0/s1. The Morgan fingerprint density at radius 2 is 1.98 bits per heavy atom. The third kappa shape index (κ3) is 4.92. The molecule has 260 valence electrons. The molecule has 1 amide bonds. The maximum atomic E-state index is 17.1. The number of aromatic nitrogens is 2. The lowest BCUT2D eigenvalue weighted by atomic mass is 9.95. The topological polar surface area (TPSA) is 134 Å². The molecule has 4 aromatic rings. The van der Waals surface area contributed by atoms with E-state index < -0.39 is 23.3 Å². The van der Waals surface area contributed by atoms with Crippen LogP contribution in [0.15, 0.2) is 18.2 Å². The summed E-state index contributed by atoms with van der Waals surface area (Å²) in [5.74, 6) is -0.352. The van der Waals surface area contributed by atoms with Gasteiger partial charge in [0.2, 0.25) is 5.91 Å². The number of rotatable bonds is 6. The molecule has 5 aliphatic heterocycles. The molecule has 0 spiro atoms. The normalized spacial score (nSPS) is 28.8. The molecule has 50 heavy (non-hydrogen) atoms. The third-order valence-electron chi connectivity index (χ3n) is 11.5. The van der Waals surface area contributed by atoms with Crippen LogP contribution in [0.1, 0.15) is 31.7 Å². The number of ether oxygens (including phenoxy) is 1. The van der Waals surface area contributed by atoms with Gasteiger partial charge >= 0.3 is 6.01 Å². The molecule has 5 aliphatic rings. The number of amides is 1. The molecular weight excluding hydrogens is 689 g/mol. The lowest BCUT2D eigenvalue weighted by Gasteiger charge is -2.31. The van der Waals surface area contributed by atoms with Crippen molar-refractivity contribution in [2.75, 3.05) is 56.5 Å². The number of fused-ring (bicyclic) bond motifs is 4. The van der Waals surface area contributed by atoms with Crippen LogP contribution in [0, 0.1) is 34.8 Å². The number of nitrogen functional groups attached to an aromatic ring is 1. The van der Waals surface area contributed by atoms with Crippen LogP contribution in [0.2, 0.25) is 5.02 Å². The SMILES string of the molecule is C[C@@H]1N[C@H]1C(=O)N1CC2CN(c3nc(OC[C@@]45CCCN4C[C@H](F)C5)nc4c(F)c(-c5ccc(F)c6sc(N)c(C#N)c56)c(Cl)cc34)CC2C1. The minimum atomic E-state index is -0.944. The number of alkyl halides is 1. The highest BCUT2D eigenvalue weighted by Gasteiger charge is 2.50. The summed E-state index contributed by atoms with van der Waals surface area (Å²) in [7, 11) is 0. The number of nitrogens with one attached hydrogen (secondary N) is 1. The van der Waals surface area contributed by atoms with Gasteiger partial charge in [-0.1, -0.05) is 17.7 Å². The van der Waals surface area contributed by atoms with E-state index in [4.69, 9.17) is 27.1 Å². The number of nitriles is 1. The van der Waals surface area contributed by atoms with E-state index in [0.29, 0.717) is 50.3 Å². The molecule has 3 N–H and O–H groups in total. The monoisotopic (exact) mass is 722 g/mol. The Kier molecular flexibility index (Phi) is 7.41. The average Bonchev–Trinajstić information content (AvgIpc) is 3.54. The largest absolute Gasteiger partial charge is 0.461 e. The summed E-state index contributed by atoms with van der Waals surface area (Å²) in [6.07, 6.45) is 1.13. The van der Waals surface area contributed by atoms with Gasteiger partial charge in [-0.2, -0.15) is 15.2 Å². The fraction of sp³-hybridized carbons (Fsp3) is 0.486. The summed E-state index contributed by atoms with van der Waals surface area (Å²) in [6.45, 7) is 5.76. The van der Waals surface area contributed by atoms with Crippen LogP contribution < -0.4 is 20.7 Å². The number of nitrogens with zero attached hydrogens (tertiary/aromatic N) is 6. The van der Waals surface area contributed by atoms with Crippen LogP contribution in [0.25, 0.3) is 32.1 Å². The average molecular weight is 723 g/mol. The lowest BCUT2D eigenvalue weighted by molar-refractivity contribution is -0.129. The van der Waals surface area contributed by atoms with Crippen LogP contribution in [-0.4, -0.2) is 95.3 Å². The van der Waals surface area contributed by atoms with Crippen molar-refractivity contribution < 1.29 is 22.7 Å². The molecule has 2 aromatic heterocycles. The predicted molar refractivity (Wildman–Crippen MR) is 185 cm³/mol. The van der Waals surface area contributed by atoms with Crippen molar-refractivity contribution in [2.45, 2.75) is 50.0 Å². The predicted octanol–water partition coefficient (Wildman–Crippen LogP) is 5.11. The summed E-state index contributed by atoms with van der Waals surface area (Å²) < 4.78 is 52.9. The van der Waals surface area contributed by atoms with Crippen LogP contribution >= 0.6 is 22.9 Å². The number of carbonyl (C=O) groups excluding carboxylic acids is 1.